The number of benzene rings is 1. The second-order valence-electron chi connectivity index (χ2n) is 3.54. The summed E-state index contributed by atoms with van der Waals surface area (Å²) in [5, 5.41) is 17.6. The van der Waals surface area contributed by atoms with E-state index in [4.69, 9.17) is 15.1 Å². The number of hydrogen-bond donors (Lipinski definition) is 1. The molecule has 5 nitrogen and oxygen atoms in total. The summed E-state index contributed by atoms with van der Waals surface area (Å²) in [5.74, 6) is -2.20. The highest BCUT2D eigenvalue weighted by molar-refractivity contribution is 5.90. The summed E-state index contributed by atoms with van der Waals surface area (Å²) in [6, 6.07) is 6.67. The Balaban J connectivity index is 2.37. The fraction of sp³-hybridized carbons (Fsp3) is 0. The first-order chi connectivity index (χ1) is 9.11. The van der Waals surface area contributed by atoms with Crippen LogP contribution in [0.1, 0.15) is 15.9 Å². The predicted octanol–water partition coefficient (Wildman–Crippen LogP) is 2.58. The lowest BCUT2D eigenvalue weighted by Gasteiger charge is -2.08. The molecule has 0 aliphatic heterocycles. The van der Waals surface area contributed by atoms with Gasteiger partial charge in [-0.3, -0.25) is 4.98 Å². The van der Waals surface area contributed by atoms with Crippen LogP contribution in [-0.2, 0) is 0 Å². The largest absolute Gasteiger partial charge is 0.478 e. The van der Waals surface area contributed by atoms with Crippen molar-refractivity contribution in [2.45, 2.75) is 0 Å². The second kappa shape index (κ2) is 5.14. The molecule has 1 N–H and O–H groups in total. The third-order valence-corrected chi connectivity index (χ3v) is 2.30. The maximum atomic E-state index is 13.6. The molecule has 0 atom stereocenters. The molecule has 1 heterocycles. The Labute approximate surface area is 107 Å². The average Bonchev–Trinajstić information content (AvgIpc) is 2.41. The van der Waals surface area contributed by atoms with E-state index in [-0.39, 0.29) is 22.6 Å². The Hall–Kier alpha value is -2.94. The molecule has 0 saturated heterocycles. The highest BCUT2D eigenvalue weighted by atomic mass is 19.1. The zero-order valence-corrected chi connectivity index (χ0v) is 9.50. The second-order valence-corrected chi connectivity index (χ2v) is 3.54. The topological polar surface area (TPSA) is 83.2 Å². The molecule has 1 aromatic heterocycles. The van der Waals surface area contributed by atoms with Crippen LogP contribution in [0.5, 0.6) is 11.5 Å². The van der Waals surface area contributed by atoms with E-state index in [9.17, 15) is 9.18 Å². The van der Waals surface area contributed by atoms with Gasteiger partial charge in [0.1, 0.15) is 5.56 Å². The van der Waals surface area contributed by atoms with Crippen LogP contribution >= 0.6 is 0 Å². The van der Waals surface area contributed by atoms with Crippen molar-refractivity contribution in [3.63, 3.8) is 0 Å². The molecule has 0 spiro atoms. The standard InChI is InChI=1S/C13H7FN2O3/c14-10-5-8(6-15)1-2-11(10)19-12-7-16-4-3-9(12)13(17)18/h1-5,7H,(H,17,18). The van der Waals surface area contributed by atoms with Crippen molar-refractivity contribution in [3.8, 4) is 17.6 Å². The molecule has 0 bridgehead atoms. The molecule has 2 aromatic rings. The van der Waals surface area contributed by atoms with Gasteiger partial charge in [-0.1, -0.05) is 0 Å². The van der Waals surface area contributed by atoms with Crippen LogP contribution in [0.4, 0.5) is 4.39 Å². The third kappa shape index (κ3) is 2.66. The molecule has 19 heavy (non-hydrogen) atoms. The number of carboxylic acid groups (broad SMARTS) is 1. The summed E-state index contributed by atoms with van der Waals surface area (Å²) >= 11 is 0. The number of hydrogen-bond acceptors (Lipinski definition) is 4. The van der Waals surface area contributed by atoms with Gasteiger partial charge in [0, 0.05) is 6.20 Å². The summed E-state index contributed by atoms with van der Waals surface area (Å²) in [6.07, 6.45) is 2.48. The number of halogens is 1. The van der Waals surface area contributed by atoms with Gasteiger partial charge in [-0.2, -0.15) is 5.26 Å². The first-order valence-electron chi connectivity index (χ1n) is 5.16. The van der Waals surface area contributed by atoms with Gasteiger partial charge in [-0.15, -0.1) is 0 Å². The van der Waals surface area contributed by atoms with Crippen molar-refractivity contribution in [2.24, 2.45) is 0 Å². The smallest absolute Gasteiger partial charge is 0.339 e. The SMILES string of the molecule is N#Cc1ccc(Oc2cnccc2C(=O)O)c(F)c1. The lowest BCUT2D eigenvalue weighted by atomic mass is 10.2. The van der Waals surface area contributed by atoms with Gasteiger partial charge >= 0.3 is 5.97 Å². The molecule has 2 rings (SSSR count). The van der Waals surface area contributed by atoms with Crippen LogP contribution in [-0.4, -0.2) is 16.1 Å². The van der Waals surface area contributed by atoms with Gasteiger partial charge in [0.15, 0.2) is 17.3 Å². The van der Waals surface area contributed by atoms with Gasteiger partial charge in [0.2, 0.25) is 0 Å². The molecule has 0 amide bonds. The molecular formula is C13H7FN2O3. The lowest BCUT2D eigenvalue weighted by molar-refractivity contribution is 0.0694. The van der Waals surface area contributed by atoms with E-state index < -0.39 is 11.8 Å². The Bertz CT molecular complexity index is 680. The highest BCUT2D eigenvalue weighted by Gasteiger charge is 2.13. The summed E-state index contributed by atoms with van der Waals surface area (Å²) in [4.78, 5) is 14.7. The van der Waals surface area contributed by atoms with Gasteiger partial charge in [0.05, 0.1) is 17.8 Å². The van der Waals surface area contributed by atoms with E-state index in [0.29, 0.717) is 0 Å². The fourth-order valence-corrected chi connectivity index (χ4v) is 1.41. The predicted molar refractivity (Wildman–Crippen MR) is 62.4 cm³/mol. The first-order valence-corrected chi connectivity index (χ1v) is 5.16. The Morgan fingerprint density at radius 1 is 1.37 bits per heavy atom. The molecule has 0 aliphatic carbocycles. The summed E-state index contributed by atoms with van der Waals surface area (Å²) in [5.41, 5.74) is 0.0215. The van der Waals surface area contributed by atoms with Gasteiger partial charge in [-0.25, -0.2) is 9.18 Å². The zero-order valence-electron chi connectivity index (χ0n) is 9.50. The van der Waals surface area contributed by atoms with Crippen molar-refractivity contribution < 1.29 is 19.0 Å². The van der Waals surface area contributed by atoms with Crippen LogP contribution < -0.4 is 4.74 Å². The number of pyridine rings is 1. The fourth-order valence-electron chi connectivity index (χ4n) is 1.41. The number of aromatic carboxylic acids is 1. The maximum absolute atomic E-state index is 13.6. The molecule has 0 unspecified atom stereocenters. The number of aromatic nitrogens is 1. The Morgan fingerprint density at radius 2 is 2.16 bits per heavy atom. The minimum Gasteiger partial charge on any atom is -0.478 e. The first kappa shape index (κ1) is 12.5. The number of carbonyl (C=O) groups is 1. The van der Waals surface area contributed by atoms with Crippen LogP contribution in [0.3, 0.4) is 0 Å². The van der Waals surface area contributed by atoms with E-state index in [1.54, 1.807) is 6.07 Å². The van der Waals surface area contributed by atoms with Crippen LogP contribution in [0.25, 0.3) is 0 Å². The van der Waals surface area contributed by atoms with E-state index in [2.05, 4.69) is 4.98 Å². The van der Waals surface area contributed by atoms with Crippen molar-refractivity contribution in [3.05, 3.63) is 53.6 Å². The number of nitrogens with zero attached hydrogens (tertiary/aromatic N) is 2. The monoisotopic (exact) mass is 258 g/mol. The number of carboxylic acids is 1. The molecule has 6 heteroatoms. The van der Waals surface area contributed by atoms with E-state index in [1.165, 1.54) is 30.6 Å². The molecule has 94 valence electrons. The molecule has 0 radical (unpaired) electrons. The summed E-state index contributed by atoms with van der Waals surface area (Å²) in [6.45, 7) is 0. The third-order valence-electron chi connectivity index (χ3n) is 2.30. The summed E-state index contributed by atoms with van der Waals surface area (Å²) in [7, 11) is 0. The van der Waals surface area contributed by atoms with E-state index in [1.807, 2.05) is 0 Å². The maximum Gasteiger partial charge on any atom is 0.339 e. The van der Waals surface area contributed by atoms with Crippen LogP contribution in [0, 0.1) is 17.1 Å². The van der Waals surface area contributed by atoms with Gasteiger partial charge < -0.3 is 9.84 Å². The van der Waals surface area contributed by atoms with E-state index >= 15 is 0 Å². The molecule has 1 aromatic carbocycles. The minimum atomic E-state index is -1.20. The molecule has 0 aliphatic rings. The van der Waals surface area contributed by atoms with Crippen LogP contribution in [0.2, 0.25) is 0 Å². The van der Waals surface area contributed by atoms with Gasteiger partial charge in [-0.05, 0) is 24.3 Å². The number of nitriles is 1. The lowest BCUT2D eigenvalue weighted by Crippen LogP contribution is -2.01. The number of ether oxygens (including phenoxy) is 1. The normalized spacial score (nSPS) is 9.68. The minimum absolute atomic E-state index is 0.0707. The number of rotatable bonds is 3. The Morgan fingerprint density at radius 3 is 2.79 bits per heavy atom. The zero-order chi connectivity index (χ0) is 13.8. The molecule has 0 fully saturated rings. The average molecular weight is 258 g/mol. The van der Waals surface area contributed by atoms with Crippen molar-refractivity contribution in [1.82, 2.24) is 4.98 Å². The highest BCUT2D eigenvalue weighted by Crippen LogP contribution is 2.27. The molecular weight excluding hydrogens is 251 g/mol. The van der Waals surface area contributed by atoms with Crippen molar-refractivity contribution in [2.75, 3.05) is 0 Å². The molecule has 0 saturated carbocycles. The quantitative estimate of drug-likeness (QED) is 0.914. The Kier molecular flexibility index (Phi) is 3.39. The van der Waals surface area contributed by atoms with Gasteiger partial charge in [0.25, 0.3) is 0 Å². The van der Waals surface area contributed by atoms with E-state index in [0.717, 1.165) is 6.07 Å². The van der Waals surface area contributed by atoms with Crippen molar-refractivity contribution in [1.29, 1.82) is 5.26 Å². The van der Waals surface area contributed by atoms with Crippen LogP contribution in [0.15, 0.2) is 36.7 Å². The van der Waals surface area contributed by atoms with Crippen molar-refractivity contribution >= 4 is 5.97 Å². The summed E-state index contributed by atoms with van der Waals surface area (Å²) < 4.78 is 18.8.